The molecule has 0 saturated heterocycles. The van der Waals surface area contributed by atoms with Gasteiger partial charge in [-0.1, -0.05) is 6.92 Å². The minimum atomic E-state index is -0.799. The molecule has 1 unspecified atom stereocenters. The fourth-order valence-electron chi connectivity index (χ4n) is 1.27. The number of imide groups is 1. The highest BCUT2D eigenvalue weighted by Gasteiger charge is 2.08. The van der Waals surface area contributed by atoms with Gasteiger partial charge in [0.1, 0.15) is 0 Å². The van der Waals surface area contributed by atoms with E-state index in [1.807, 2.05) is 12.2 Å². The van der Waals surface area contributed by atoms with E-state index >= 15 is 0 Å². The Morgan fingerprint density at radius 2 is 1.94 bits per heavy atom. The highest BCUT2D eigenvalue weighted by Crippen LogP contribution is 2.08. The van der Waals surface area contributed by atoms with Crippen LogP contribution in [0.3, 0.4) is 0 Å². The van der Waals surface area contributed by atoms with E-state index in [0.29, 0.717) is 13.0 Å². The van der Waals surface area contributed by atoms with E-state index in [1.54, 1.807) is 0 Å². The van der Waals surface area contributed by atoms with Crippen LogP contribution in [0.15, 0.2) is 0 Å². The van der Waals surface area contributed by atoms with Gasteiger partial charge in [0, 0.05) is 6.42 Å². The summed E-state index contributed by atoms with van der Waals surface area (Å²) in [5.74, 6) is -0.982. The molecular formula is C11H20N2O5. The number of carbonyl (C=O) groups excluding carboxylic acids is 2. The molecular weight excluding hydrogens is 240 g/mol. The molecule has 0 rings (SSSR count). The number of hydrogen-bond acceptors (Lipinski definition) is 5. The summed E-state index contributed by atoms with van der Waals surface area (Å²) in [7, 11) is 1.18. The molecule has 0 bridgehead atoms. The predicted octanol–water partition coefficient (Wildman–Crippen LogP) is 0.350. The zero-order valence-electron chi connectivity index (χ0n) is 10.7. The summed E-state index contributed by atoms with van der Waals surface area (Å²) in [6.07, 6.45) is 0.769. The maximum atomic E-state index is 11.1. The molecule has 0 aromatic carbocycles. The highest BCUT2D eigenvalue weighted by molar-refractivity contribution is 5.92. The minimum absolute atomic E-state index is 0.0285. The SMILES string of the molecule is COC(=O)NC(=O)CNCCC(C)CCC(=O)O. The molecule has 0 aliphatic carbocycles. The lowest BCUT2D eigenvalue weighted by atomic mass is 10.0. The van der Waals surface area contributed by atoms with Crippen LogP contribution in [-0.4, -0.2) is 43.3 Å². The number of methoxy groups -OCH3 is 1. The molecule has 7 nitrogen and oxygen atoms in total. The number of aliphatic carboxylic acids is 1. The van der Waals surface area contributed by atoms with Gasteiger partial charge in [0.15, 0.2) is 0 Å². The van der Waals surface area contributed by atoms with Gasteiger partial charge in [0.05, 0.1) is 13.7 Å². The third kappa shape index (κ3) is 9.59. The van der Waals surface area contributed by atoms with Crippen molar-refractivity contribution in [1.82, 2.24) is 10.6 Å². The van der Waals surface area contributed by atoms with Gasteiger partial charge in [-0.2, -0.15) is 0 Å². The molecule has 0 aliphatic heterocycles. The minimum Gasteiger partial charge on any atom is -0.481 e. The van der Waals surface area contributed by atoms with Crippen LogP contribution in [0.2, 0.25) is 0 Å². The summed E-state index contributed by atoms with van der Waals surface area (Å²) in [5, 5.41) is 13.4. The fourth-order valence-corrected chi connectivity index (χ4v) is 1.27. The topological polar surface area (TPSA) is 105 Å². The summed E-state index contributed by atoms with van der Waals surface area (Å²) in [6.45, 7) is 2.58. The smallest absolute Gasteiger partial charge is 0.413 e. The Labute approximate surface area is 106 Å². The lowest BCUT2D eigenvalue weighted by Crippen LogP contribution is -2.38. The number of carboxylic acids is 1. The molecule has 0 spiro atoms. The zero-order chi connectivity index (χ0) is 14.0. The fraction of sp³-hybridized carbons (Fsp3) is 0.727. The summed E-state index contributed by atoms with van der Waals surface area (Å²) in [6, 6.07) is 0. The van der Waals surface area contributed by atoms with Crippen molar-refractivity contribution in [3.63, 3.8) is 0 Å². The number of amides is 2. The van der Waals surface area contributed by atoms with Crippen LogP contribution in [0.4, 0.5) is 4.79 Å². The van der Waals surface area contributed by atoms with E-state index < -0.39 is 18.0 Å². The van der Waals surface area contributed by atoms with Crippen molar-refractivity contribution >= 4 is 18.0 Å². The van der Waals surface area contributed by atoms with Crippen LogP contribution in [0.5, 0.6) is 0 Å². The Balaban J connectivity index is 3.52. The first-order valence-electron chi connectivity index (χ1n) is 5.76. The summed E-state index contributed by atoms with van der Waals surface area (Å²) >= 11 is 0. The second-order valence-electron chi connectivity index (χ2n) is 4.04. The van der Waals surface area contributed by atoms with Gasteiger partial charge < -0.3 is 15.2 Å². The Morgan fingerprint density at radius 1 is 1.28 bits per heavy atom. The van der Waals surface area contributed by atoms with Gasteiger partial charge in [-0.25, -0.2) is 4.79 Å². The van der Waals surface area contributed by atoms with Crippen molar-refractivity contribution in [3.8, 4) is 0 Å². The molecule has 0 aliphatic rings. The van der Waals surface area contributed by atoms with E-state index in [9.17, 15) is 14.4 Å². The quantitative estimate of drug-likeness (QED) is 0.544. The summed E-state index contributed by atoms with van der Waals surface area (Å²) in [5.41, 5.74) is 0. The Kier molecular flexibility index (Phi) is 8.55. The molecule has 1 atom stereocenters. The van der Waals surface area contributed by atoms with Crippen molar-refractivity contribution in [2.24, 2.45) is 5.92 Å². The van der Waals surface area contributed by atoms with Gasteiger partial charge in [-0.05, 0) is 25.3 Å². The van der Waals surface area contributed by atoms with Gasteiger partial charge in [0.25, 0.3) is 0 Å². The molecule has 0 saturated carbocycles. The number of rotatable bonds is 8. The van der Waals surface area contributed by atoms with Crippen molar-refractivity contribution in [2.75, 3.05) is 20.2 Å². The first kappa shape index (κ1) is 16.4. The van der Waals surface area contributed by atoms with Crippen LogP contribution >= 0.6 is 0 Å². The van der Waals surface area contributed by atoms with Crippen molar-refractivity contribution in [1.29, 1.82) is 0 Å². The average Bonchev–Trinajstić information content (AvgIpc) is 2.31. The zero-order valence-corrected chi connectivity index (χ0v) is 10.7. The van der Waals surface area contributed by atoms with Gasteiger partial charge in [-0.15, -0.1) is 0 Å². The van der Waals surface area contributed by atoms with Crippen molar-refractivity contribution in [2.45, 2.75) is 26.2 Å². The standard InChI is InChI=1S/C11H20N2O5/c1-8(3-4-10(15)16)5-6-12-7-9(14)13-11(17)18-2/h8,12H,3-7H2,1-2H3,(H,15,16)(H,13,14,17). The van der Waals surface area contributed by atoms with E-state index in [1.165, 1.54) is 7.11 Å². The predicted molar refractivity (Wildman–Crippen MR) is 64.1 cm³/mol. The van der Waals surface area contributed by atoms with E-state index in [4.69, 9.17) is 5.11 Å². The maximum Gasteiger partial charge on any atom is 0.413 e. The third-order valence-corrected chi connectivity index (χ3v) is 2.38. The number of alkyl carbamates (subject to hydrolysis) is 1. The number of ether oxygens (including phenoxy) is 1. The first-order chi connectivity index (χ1) is 8.45. The van der Waals surface area contributed by atoms with E-state index in [-0.39, 0.29) is 18.9 Å². The van der Waals surface area contributed by atoms with Crippen LogP contribution in [0.25, 0.3) is 0 Å². The van der Waals surface area contributed by atoms with Crippen molar-refractivity contribution in [3.05, 3.63) is 0 Å². The lowest BCUT2D eigenvalue weighted by Gasteiger charge is -2.10. The second kappa shape index (κ2) is 9.41. The van der Waals surface area contributed by atoms with Gasteiger partial charge >= 0.3 is 12.1 Å². The summed E-state index contributed by atoms with van der Waals surface area (Å²) < 4.78 is 4.27. The van der Waals surface area contributed by atoms with E-state index in [2.05, 4.69) is 10.1 Å². The Hall–Kier alpha value is -1.63. The number of hydrogen-bond donors (Lipinski definition) is 3. The number of carboxylic acid groups (broad SMARTS) is 1. The molecule has 18 heavy (non-hydrogen) atoms. The molecule has 0 heterocycles. The van der Waals surface area contributed by atoms with Crippen molar-refractivity contribution < 1.29 is 24.2 Å². The molecule has 2 amide bonds. The monoisotopic (exact) mass is 260 g/mol. The molecule has 7 heteroatoms. The van der Waals surface area contributed by atoms with Crippen LogP contribution < -0.4 is 10.6 Å². The first-order valence-corrected chi connectivity index (χ1v) is 5.76. The molecule has 0 aromatic heterocycles. The Morgan fingerprint density at radius 3 is 2.50 bits per heavy atom. The molecule has 104 valence electrons. The second-order valence-corrected chi connectivity index (χ2v) is 4.04. The van der Waals surface area contributed by atoms with Crippen LogP contribution in [-0.2, 0) is 14.3 Å². The maximum absolute atomic E-state index is 11.1. The molecule has 0 radical (unpaired) electrons. The van der Waals surface area contributed by atoms with Crippen LogP contribution in [0, 0.1) is 5.92 Å². The normalized spacial score (nSPS) is 11.7. The van der Waals surface area contributed by atoms with E-state index in [0.717, 1.165) is 6.42 Å². The van der Waals surface area contributed by atoms with Crippen LogP contribution in [0.1, 0.15) is 26.2 Å². The third-order valence-electron chi connectivity index (χ3n) is 2.38. The average molecular weight is 260 g/mol. The van der Waals surface area contributed by atoms with Gasteiger partial charge in [0.2, 0.25) is 5.91 Å². The lowest BCUT2D eigenvalue weighted by molar-refractivity contribution is -0.137. The Bertz CT molecular complexity index is 293. The summed E-state index contributed by atoms with van der Waals surface area (Å²) in [4.78, 5) is 32.1. The number of carbonyl (C=O) groups is 3. The highest BCUT2D eigenvalue weighted by atomic mass is 16.5. The molecule has 0 aromatic rings. The molecule has 3 N–H and O–H groups in total. The van der Waals surface area contributed by atoms with Gasteiger partial charge in [-0.3, -0.25) is 14.9 Å². The largest absolute Gasteiger partial charge is 0.481 e. The molecule has 0 fully saturated rings. The number of nitrogens with one attached hydrogen (secondary N) is 2.